The molecule has 0 saturated carbocycles. The summed E-state index contributed by atoms with van der Waals surface area (Å²) in [7, 11) is -3.70. The van der Waals surface area contributed by atoms with Gasteiger partial charge in [0.25, 0.3) is 5.69 Å². The van der Waals surface area contributed by atoms with Crippen molar-refractivity contribution in [1.29, 1.82) is 0 Å². The molecule has 1 saturated heterocycles. The van der Waals surface area contributed by atoms with Crippen LogP contribution in [0.1, 0.15) is 5.56 Å². The molecule has 0 amide bonds. The van der Waals surface area contributed by atoms with Gasteiger partial charge in [0.15, 0.2) is 0 Å². The topological polar surface area (TPSA) is 158 Å². The Morgan fingerprint density at radius 3 is 1.97 bits per heavy atom. The molecule has 0 aromatic heterocycles. The van der Waals surface area contributed by atoms with E-state index in [-0.39, 0.29) is 29.5 Å². The van der Waals surface area contributed by atoms with Gasteiger partial charge in [-0.05, 0) is 18.2 Å². The number of hydrogen-bond donors (Lipinski definition) is 2. The second-order valence-corrected chi connectivity index (χ2v) is 8.57. The fraction of sp³-hybridized carbons (Fsp3) is 0.263. The van der Waals surface area contributed by atoms with Gasteiger partial charge in [-0.25, -0.2) is 22.4 Å². The number of sulfonamides is 1. The molecule has 0 bridgehead atoms. The minimum atomic E-state index is -3.70. The minimum Gasteiger partial charge on any atom is -0.473 e. The highest BCUT2D eigenvalue weighted by Crippen LogP contribution is 2.21. The maximum Gasteiger partial charge on any atom is 0.414 e. The van der Waals surface area contributed by atoms with E-state index < -0.39 is 26.9 Å². The number of hydrogen-bond acceptors (Lipinski definition) is 7. The second kappa shape index (κ2) is 10.7. The Morgan fingerprint density at radius 2 is 1.50 bits per heavy atom. The lowest BCUT2D eigenvalue weighted by Gasteiger charge is -2.34. The summed E-state index contributed by atoms with van der Waals surface area (Å²) in [4.78, 5) is 30.3. The van der Waals surface area contributed by atoms with E-state index in [0.29, 0.717) is 25.2 Å². The molecule has 11 nitrogen and oxygen atoms in total. The first-order chi connectivity index (χ1) is 15.0. The SMILES string of the molecule is O=C(O)C(=O)O.O=[N+]([O-])c1ccc(S(=O)(=O)N2CCN(Cc3ccccc3F)CC2)cc1. The molecule has 0 unspecified atom stereocenters. The highest BCUT2D eigenvalue weighted by Gasteiger charge is 2.29. The van der Waals surface area contributed by atoms with Crippen LogP contribution < -0.4 is 0 Å². The average molecular weight is 469 g/mol. The lowest BCUT2D eigenvalue weighted by molar-refractivity contribution is -0.384. The van der Waals surface area contributed by atoms with Crippen LogP contribution in [0, 0.1) is 15.9 Å². The number of rotatable bonds is 5. The predicted molar refractivity (Wildman–Crippen MR) is 109 cm³/mol. The summed E-state index contributed by atoms with van der Waals surface area (Å²) in [6.45, 7) is 1.97. The van der Waals surface area contributed by atoms with Crippen LogP contribution in [-0.4, -0.2) is 70.9 Å². The Kier molecular flexibility index (Phi) is 8.34. The number of piperazine rings is 1. The van der Waals surface area contributed by atoms with Gasteiger partial charge in [0.1, 0.15) is 5.82 Å². The molecule has 172 valence electrons. The maximum absolute atomic E-state index is 13.7. The quantitative estimate of drug-likeness (QED) is 0.375. The van der Waals surface area contributed by atoms with Crippen molar-refractivity contribution in [2.75, 3.05) is 26.2 Å². The summed E-state index contributed by atoms with van der Waals surface area (Å²) in [5.74, 6) is -3.92. The summed E-state index contributed by atoms with van der Waals surface area (Å²) in [6.07, 6.45) is 0. The molecule has 0 spiro atoms. The summed E-state index contributed by atoms with van der Waals surface area (Å²) in [5, 5.41) is 25.5. The van der Waals surface area contributed by atoms with Crippen molar-refractivity contribution >= 4 is 27.6 Å². The molecule has 3 rings (SSSR count). The van der Waals surface area contributed by atoms with Gasteiger partial charge in [-0.1, -0.05) is 18.2 Å². The van der Waals surface area contributed by atoms with E-state index in [4.69, 9.17) is 19.8 Å². The number of halogens is 1. The fourth-order valence-corrected chi connectivity index (χ4v) is 4.31. The number of nitrogens with zero attached hydrogens (tertiary/aromatic N) is 3. The molecule has 13 heteroatoms. The Bertz CT molecular complexity index is 1070. The van der Waals surface area contributed by atoms with E-state index >= 15 is 0 Å². The van der Waals surface area contributed by atoms with E-state index in [1.807, 2.05) is 4.90 Å². The van der Waals surface area contributed by atoms with Gasteiger partial charge in [0, 0.05) is 50.4 Å². The molecule has 1 heterocycles. The fourth-order valence-electron chi connectivity index (χ4n) is 2.88. The number of aliphatic carboxylic acids is 2. The van der Waals surface area contributed by atoms with Crippen molar-refractivity contribution in [3.63, 3.8) is 0 Å². The van der Waals surface area contributed by atoms with E-state index in [1.165, 1.54) is 34.6 Å². The van der Waals surface area contributed by atoms with Crippen molar-refractivity contribution in [2.45, 2.75) is 11.4 Å². The number of carboxylic acids is 2. The molecule has 0 atom stereocenters. The third-order valence-corrected chi connectivity index (χ3v) is 6.46. The molecule has 32 heavy (non-hydrogen) atoms. The number of non-ortho nitro benzene ring substituents is 1. The molecule has 0 aliphatic carbocycles. The highest BCUT2D eigenvalue weighted by atomic mass is 32.2. The molecule has 2 aromatic carbocycles. The molecular formula is C19H20FN3O8S. The summed E-state index contributed by atoms with van der Waals surface area (Å²) in [5.41, 5.74) is 0.429. The highest BCUT2D eigenvalue weighted by molar-refractivity contribution is 7.89. The summed E-state index contributed by atoms with van der Waals surface area (Å²) >= 11 is 0. The molecular weight excluding hydrogens is 449 g/mol. The van der Waals surface area contributed by atoms with Crippen molar-refractivity contribution in [2.24, 2.45) is 0 Å². The third kappa shape index (κ3) is 6.54. The Balaban J connectivity index is 0.000000534. The molecule has 0 radical (unpaired) electrons. The number of carbonyl (C=O) groups is 2. The zero-order chi connectivity index (χ0) is 23.9. The predicted octanol–water partition coefficient (Wildman–Crippen LogP) is 1.40. The Labute approximate surface area is 182 Å². The first-order valence-corrected chi connectivity index (χ1v) is 10.6. The molecule has 1 aliphatic heterocycles. The number of benzene rings is 2. The second-order valence-electron chi connectivity index (χ2n) is 6.63. The molecule has 1 aliphatic rings. The van der Waals surface area contributed by atoms with Crippen LogP contribution in [0.15, 0.2) is 53.4 Å². The minimum absolute atomic E-state index is 0.0330. The normalized spacial score (nSPS) is 14.8. The van der Waals surface area contributed by atoms with Crippen molar-refractivity contribution in [1.82, 2.24) is 9.21 Å². The van der Waals surface area contributed by atoms with Crippen molar-refractivity contribution < 1.29 is 37.5 Å². The van der Waals surface area contributed by atoms with E-state index in [0.717, 1.165) is 0 Å². The van der Waals surface area contributed by atoms with Crippen LogP contribution in [0.2, 0.25) is 0 Å². The van der Waals surface area contributed by atoms with Gasteiger partial charge in [-0.2, -0.15) is 4.31 Å². The van der Waals surface area contributed by atoms with Crippen LogP contribution >= 0.6 is 0 Å². The molecule has 2 aromatic rings. The zero-order valence-corrected chi connectivity index (χ0v) is 17.4. The summed E-state index contributed by atoms with van der Waals surface area (Å²) < 4.78 is 40.4. The van der Waals surface area contributed by atoms with Crippen LogP contribution in [0.4, 0.5) is 10.1 Å². The van der Waals surface area contributed by atoms with Crippen molar-refractivity contribution in [3.8, 4) is 0 Å². The van der Waals surface area contributed by atoms with Gasteiger partial charge in [0.05, 0.1) is 9.82 Å². The van der Waals surface area contributed by atoms with Crippen LogP contribution in [0.5, 0.6) is 0 Å². The first-order valence-electron chi connectivity index (χ1n) is 9.19. The zero-order valence-electron chi connectivity index (χ0n) is 16.6. The maximum atomic E-state index is 13.7. The summed E-state index contributed by atoms with van der Waals surface area (Å²) in [6, 6.07) is 11.4. The first kappa shape index (κ1) is 24.8. The number of carboxylic acid groups (broad SMARTS) is 2. The number of nitro groups is 1. The average Bonchev–Trinajstić information content (AvgIpc) is 2.76. The largest absolute Gasteiger partial charge is 0.473 e. The van der Waals surface area contributed by atoms with Gasteiger partial charge in [-0.3, -0.25) is 15.0 Å². The monoisotopic (exact) mass is 469 g/mol. The van der Waals surface area contributed by atoms with Gasteiger partial charge in [0.2, 0.25) is 10.0 Å². The van der Waals surface area contributed by atoms with Crippen LogP contribution in [0.25, 0.3) is 0 Å². The lowest BCUT2D eigenvalue weighted by atomic mass is 10.2. The van der Waals surface area contributed by atoms with Gasteiger partial charge in [-0.15, -0.1) is 0 Å². The van der Waals surface area contributed by atoms with Gasteiger partial charge >= 0.3 is 11.9 Å². The lowest BCUT2D eigenvalue weighted by Crippen LogP contribution is -2.48. The van der Waals surface area contributed by atoms with Crippen LogP contribution in [-0.2, 0) is 26.2 Å². The Morgan fingerprint density at radius 1 is 0.969 bits per heavy atom. The Hall–Kier alpha value is -3.42. The van der Waals surface area contributed by atoms with Crippen molar-refractivity contribution in [3.05, 3.63) is 70.0 Å². The standard InChI is InChI=1S/C17H18FN3O4S.C2H2O4/c18-17-4-2-1-3-14(17)13-19-9-11-20(12-10-19)26(24,25)16-7-5-15(6-8-16)21(22)23;3-1(4)2(5)6/h1-8H,9-13H2;(H,3,4)(H,5,6). The van der Waals surface area contributed by atoms with Crippen LogP contribution in [0.3, 0.4) is 0 Å². The third-order valence-electron chi connectivity index (χ3n) is 4.55. The van der Waals surface area contributed by atoms with Gasteiger partial charge < -0.3 is 10.2 Å². The number of nitro benzene ring substituents is 1. The smallest absolute Gasteiger partial charge is 0.414 e. The molecule has 2 N–H and O–H groups in total. The van der Waals surface area contributed by atoms with E-state index in [2.05, 4.69) is 0 Å². The van der Waals surface area contributed by atoms with E-state index in [9.17, 15) is 22.9 Å². The van der Waals surface area contributed by atoms with E-state index in [1.54, 1.807) is 18.2 Å². The molecule has 1 fully saturated rings.